The average Bonchev–Trinajstić information content (AvgIpc) is 3.43. The lowest BCUT2D eigenvalue weighted by Crippen LogP contribution is -2.27. The zero-order chi connectivity index (χ0) is 21.1. The Labute approximate surface area is 188 Å². The maximum atomic E-state index is 12.5. The van der Waals surface area contributed by atoms with Crippen molar-refractivity contribution < 1.29 is 9.59 Å². The molecule has 1 aliphatic heterocycles. The first-order valence-corrected chi connectivity index (χ1v) is 11.2. The number of nitrogens with zero attached hydrogens (tertiary/aromatic N) is 3. The Bertz CT molecular complexity index is 1150. The molecular weight excluding hydrogens is 441 g/mol. The van der Waals surface area contributed by atoms with Crippen molar-refractivity contribution in [3.8, 4) is 0 Å². The van der Waals surface area contributed by atoms with Crippen molar-refractivity contribution in [1.82, 2.24) is 9.47 Å². The van der Waals surface area contributed by atoms with Crippen molar-refractivity contribution in [3.05, 3.63) is 85.6 Å². The standard InChI is InChI=1S/C22H19Cl2N3O2S/c23-18-8-7-17(13-19(18)24)20(28)25-22-27(11-12-30-22)14-15-3-5-16(6-4-15)21(29)26-9-1-2-10-26/h3-8,11-13H,1-2,9-10,14H2. The second kappa shape index (κ2) is 9.16. The normalized spacial score (nSPS) is 14.3. The summed E-state index contributed by atoms with van der Waals surface area (Å²) in [6, 6.07) is 12.3. The number of amides is 2. The van der Waals surface area contributed by atoms with Gasteiger partial charge in [-0.1, -0.05) is 35.3 Å². The highest BCUT2D eigenvalue weighted by atomic mass is 35.5. The zero-order valence-electron chi connectivity index (χ0n) is 16.1. The van der Waals surface area contributed by atoms with Crippen molar-refractivity contribution in [2.45, 2.75) is 19.4 Å². The fourth-order valence-corrected chi connectivity index (χ4v) is 4.36. The van der Waals surface area contributed by atoms with Crippen molar-refractivity contribution >= 4 is 46.4 Å². The van der Waals surface area contributed by atoms with E-state index in [1.165, 1.54) is 17.4 Å². The summed E-state index contributed by atoms with van der Waals surface area (Å²) in [7, 11) is 0. The molecule has 1 aliphatic rings. The first-order chi connectivity index (χ1) is 14.5. The van der Waals surface area contributed by atoms with Crippen LogP contribution in [-0.2, 0) is 6.54 Å². The Morgan fingerprint density at radius 1 is 0.967 bits per heavy atom. The topological polar surface area (TPSA) is 54.7 Å². The lowest BCUT2D eigenvalue weighted by molar-refractivity contribution is 0.0792. The molecule has 0 atom stereocenters. The van der Waals surface area contributed by atoms with E-state index >= 15 is 0 Å². The van der Waals surface area contributed by atoms with Crippen LogP contribution in [0.5, 0.6) is 0 Å². The van der Waals surface area contributed by atoms with E-state index in [4.69, 9.17) is 23.2 Å². The Balaban J connectivity index is 1.50. The molecule has 0 N–H and O–H groups in total. The van der Waals surface area contributed by atoms with E-state index in [-0.39, 0.29) is 11.8 Å². The van der Waals surface area contributed by atoms with E-state index in [1.807, 2.05) is 45.3 Å². The molecule has 0 aliphatic carbocycles. The molecule has 1 fully saturated rings. The Morgan fingerprint density at radius 3 is 2.37 bits per heavy atom. The summed E-state index contributed by atoms with van der Waals surface area (Å²) < 4.78 is 1.90. The fraction of sp³-hybridized carbons (Fsp3) is 0.227. The summed E-state index contributed by atoms with van der Waals surface area (Å²) in [6.45, 7) is 2.22. The highest BCUT2D eigenvalue weighted by Gasteiger charge is 2.19. The molecule has 2 heterocycles. The predicted octanol–water partition coefficient (Wildman–Crippen LogP) is 4.88. The smallest absolute Gasteiger partial charge is 0.279 e. The Morgan fingerprint density at radius 2 is 1.67 bits per heavy atom. The van der Waals surface area contributed by atoms with Gasteiger partial charge in [-0.3, -0.25) is 9.59 Å². The molecule has 30 heavy (non-hydrogen) atoms. The zero-order valence-corrected chi connectivity index (χ0v) is 18.4. The molecule has 0 bridgehead atoms. The van der Waals surface area contributed by atoms with Gasteiger partial charge in [-0.15, -0.1) is 11.3 Å². The third-order valence-corrected chi connectivity index (χ3v) is 6.50. The molecule has 0 spiro atoms. The second-order valence-electron chi connectivity index (χ2n) is 7.06. The number of hydrogen-bond acceptors (Lipinski definition) is 3. The predicted molar refractivity (Wildman–Crippen MR) is 119 cm³/mol. The van der Waals surface area contributed by atoms with Gasteiger partial charge in [-0.2, -0.15) is 4.99 Å². The SMILES string of the molecule is O=C(N=c1sccn1Cc1ccc(C(=O)N2CCCC2)cc1)c1ccc(Cl)c(Cl)c1. The Hall–Kier alpha value is -2.41. The van der Waals surface area contributed by atoms with E-state index < -0.39 is 0 Å². The van der Waals surface area contributed by atoms with Crippen LogP contribution in [0.25, 0.3) is 0 Å². The highest BCUT2D eigenvalue weighted by molar-refractivity contribution is 7.07. The van der Waals surface area contributed by atoms with Gasteiger partial charge in [-0.25, -0.2) is 0 Å². The Kier molecular flexibility index (Phi) is 6.37. The summed E-state index contributed by atoms with van der Waals surface area (Å²) in [5, 5.41) is 2.60. The van der Waals surface area contributed by atoms with Crippen LogP contribution in [0.15, 0.2) is 59.0 Å². The molecule has 5 nitrogen and oxygen atoms in total. The fourth-order valence-electron chi connectivity index (χ4n) is 3.34. The minimum Gasteiger partial charge on any atom is -0.339 e. The number of carbonyl (C=O) groups is 2. The summed E-state index contributed by atoms with van der Waals surface area (Å²) >= 11 is 13.3. The maximum absolute atomic E-state index is 12.5. The molecule has 4 rings (SSSR count). The number of likely N-dealkylation sites (tertiary alicyclic amines) is 1. The average molecular weight is 460 g/mol. The third kappa shape index (κ3) is 4.67. The number of carbonyl (C=O) groups excluding carboxylic acids is 2. The number of hydrogen-bond donors (Lipinski definition) is 0. The molecule has 8 heteroatoms. The van der Waals surface area contributed by atoms with Crippen LogP contribution in [0.1, 0.15) is 39.1 Å². The van der Waals surface area contributed by atoms with Crippen LogP contribution < -0.4 is 4.80 Å². The van der Waals surface area contributed by atoms with E-state index in [1.54, 1.807) is 12.1 Å². The van der Waals surface area contributed by atoms with Gasteiger partial charge in [0.05, 0.1) is 10.0 Å². The molecule has 2 amide bonds. The molecule has 1 aromatic heterocycles. The molecule has 0 saturated carbocycles. The molecule has 3 aromatic rings. The van der Waals surface area contributed by atoms with Crippen molar-refractivity contribution in [1.29, 1.82) is 0 Å². The van der Waals surface area contributed by atoms with Crippen LogP contribution in [-0.4, -0.2) is 34.4 Å². The van der Waals surface area contributed by atoms with Gasteiger partial charge in [0, 0.05) is 42.3 Å². The maximum Gasteiger partial charge on any atom is 0.279 e. The van der Waals surface area contributed by atoms with Gasteiger partial charge in [0.1, 0.15) is 0 Å². The van der Waals surface area contributed by atoms with E-state index in [9.17, 15) is 9.59 Å². The third-order valence-electron chi connectivity index (χ3n) is 4.97. The largest absolute Gasteiger partial charge is 0.339 e. The number of thiazole rings is 1. The molecular formula is C22H19Cl2N3O2S. The number of aromatic nitrogens is 1. The van der Waals surface area contributed by atoms with Crippen molar-refractivity contribution in [2.75, 3.05) is 13.1 Å². The molecule has 1 saturated heterocycles. The number of halogens is 2. The lowest BCUT2D eigenvalue weighted by atomic mass is 10.1. The summed E-state index contributed by atoms with van der Waals surface area (Å²) in [5.41, 5.74) is 2.11. The number of rotatable bonds is 4. The molecule has 0 radical (unpaired) electrons. The number of benzene rings is 2. The second-order valence-corrected chi connectivity index (χ2v) is 8.74. The van der Waals surface area contributed by atoms with Crippen LogP contribution in [0, 0.1) is 0 Å². The van der Waals surface area contributed by atoms with Gasteiger partial charge in [0.15, 0.2) is 4.80 Å². The van der Waals surface area contributed by atoms with Gasteiger partial charge in [0.2, 0.25) is 0 Å². The monoisotopic (exact) mass is 459 g/mol. The van der Waals surface area contributed by atoms with Crippen LogP contribution in [0.4, 0.5) is 0 Å². The van der Waals surface area contributed by atoms with Gasteiger partial charge >= 0.3 is 0 Å². The van der Waals surface area contributed by atoms with E-state index in [0.29, 0.717) is 32.5 Å². The van der Waals surface area contributed by atoms with Crippen molar-refractivity contribution in [3.63, 3.8) is 0 Å². The van der Waals surface area contributed by atoms with Gasteiger partial charge < -0.3 is 9.47 Å². The first kappa shape index (κ1) is 20.8. The van der Waals surface area contributed by atoms with Crippen molar-refractivity contribution in [2.24, 2.45) is 4.99 Å². The summed E-state index contributed by atoms with van der Waals surface area (Å²) in [5.74, 6) is -0.290. The van der Waals surface area contributed by atoms with Crippen LogP contribution in [0.3, 0.4) is 0 Å². The highest BCUT2D eigenvalue weighted by Crippen LogP contribution is 2.23. The van der Waals surface area contributed by atoms with E-state index in [2.05, 4.69) is 4.99 Å². The first-order valence-electron chi connectivity index (χ1n) is 9.57. The van der Waals surface area contributed by atoms with E-state index in [0.717, 1.165) is 31.5 Å². The van der Waals surface area contributed by atoms with Gasteiger partial charge in [0.25, 0.3) is 11.8 Å². The molecule has 154 valence electrons. The molecule has 0 unspecified atom stereocenters. The summed E-state index contributed by atoms with van der Waals surface area (Å²) in [6.07, 6.45) is 4.03. The molecule has 2 aromatic carbocycles. The van der Waals surface area contributed by atoms with Gasteiger partial charge in [-0.05, 0) is 48.7 Å². The van der Waals surface area contributed by atoms with Crippen LogP contribution >= 0.6 is 34.5 Å². The minimum absolute atomic E-state index is 0.0881. The summed E-state index contributed by atoms with van der Waals surface area (Å²) in [4.78, 5) is 31.7. The lowest BCUT2D eigenvalue weighted by Gasteiger charge is -2.15. The van der Waals surface area contributed by atoms with Crippen LogP contribution in [0.2, 0.25) is 10.0 Å². The quantitative estimate of drug-likeness (QED) is 0.557. The minimum atomic E-state index is -0.378.